The van der Waals surface area contributed by atoms with Gasteiger partial charge in [0, 0.05) is 19.2 Å². The lowest BCUT2D eigenvalue weighted by Gasteiger charge is -2.21. The summed E-state index contributed by atoms with van der Waals surface area (Å²) in [6.07, 6.45) is 1.84. The third-order valence-corrected chi connectivity index (χ3v) is 3.95. The second kappa shape index (κ2) is 9.17. The molecule has 1 aromatic carbocycles. The molecule has 0 saturated carbocycles. The Hall–Kier alpha value is -2.63. The Bertz CT molecular complexity index is 755. The normalized spacial score (nSPS) is 10.5. The van der Waals surface area contributed by atoms with E-state index in [0.717, 1.165) is 42.9 Å². The summed E-state index contributed by atoms with van der Waals surface area (Å²) in [7, 11) is 1.63. The molecule has 0 radical (unpaired) electrons. The molecule has 0 aliphatic carbocycles. The summed E-state index contributed by atoms with van der Waals surface area (Å²) in [6, 6.07) is 7.58. The van der Waals surface area contributed by atoms with Crippen LogP contribution in [0.25, 0.3) is 0 Å². The zero-order valence-corrected chi connectivity index (χ0v) is 16.3. The number of hydrogen-bond acceptors (Lipinski definition) is 5. The molecule has 2 rings (SSSR count). The number of ether oxygens (including phenoxy) is 1. The average Bonchev–Trinajstić information content (AvgIpc) is 2.60. The van der Waals surface area contributed by atoms with Gasteiger partial charge in [0.05, 0.1) is 12.8 Å². The molecule has 0 spiro atoms. The molecule has 6 nitrogen and oxygen atoms in total. The Balaban J connectivity index is 2.32. The standard InChI is InChI=1S/C20H28N4O2/c1-6-10-24(11-7-2)20(25)17-13-19(22-15(4)21-17)23-16-12-14(3)8-9-18(16)26-5/h8-9,12-13H,6-7,10-11H2,1-5H3,(H,21,22,23). The fourth-order valence-electron chi connectivity index (χ4n) is 2.82. The number of carbonyl (C=O) groups is 1. The highest BCUT2D eigenvalue weighted by Crippen LogP contribution is 2.28. The van der Waals surface area contributed by atoms with E-state index in [4.69, 9.17) is 4.74 Å². The van der Waals surface area contributed by atoms with E-state index < -0.39 is 0 Å². The summed E-state index contributed by atoms with van der Waals surface area (Å²) in [5, 5.41) is 3.26. The molecule has 1 N–H and O–H groups in total. The molecule has 0 saturated heterocycles. The molecular weight excluding hydrogens is 328 g/mol. The fourth-order valence-corrected chi connectivity index (χ4v) is 2.82. The van der Waals surface area contributed by atoms with Gasteiger partial charge in [0.2, 0.25) is 0 Å². The number of benzene rings is 1. The lowest BCUT2D eigenvalue weighted by Crippen LogP contribution is -2.33. The number of carbonyl (C=O) groups excluding carboxylic acids is 1. The van der Waals surface area contributed by atoms with Gasteiger partial charge in [0.15, 0.2) is 0 Å². The zero-order chi connectivity index (χ0) is 19.1. The van der Waals surface area contributed by atoms with Crippen molar-refractivity contribution in [3.05, 3.63) is 41.3 Å². The van der Waals surface area contributed by atoms with E-state index >= 15 is 0 Å². The van der Waals surface area contributed by atoms with Gasteiger partial charge in [-0.25, -0.2) is 9.97 Å². The van der Waals surface area contributed by atoms with Crippen LogP contribution in [0.3, 0.4) is 0 Å². The van der Waals surface area contributed by atoms with Crippen LogP contribution in [-0.2, 0) is 0 Å². The maximum absolute atomic E-state index is 12.8. The predicted octanol–water partition coefficient (Wildman–Crippen LogP) is 4.11. The van der Waals surface area contributed by atoms with Crippen LogP contribution in [0.5, 0.6) is 5.75 Å². The second-order valence-corrected chi connectivity index (χ2v) is 6.31. The fraction of sp³-hybridized carbons (Fsp3) is 0.450. The molecule has 0 aliphatic rings. The minimum absolute atomic E-state index is 0.0570. The van der Waals surface area contributed by atoms with Crippen molar-refractivity contribution in [3.63, 3.8) is 0 Å². The first-order chi connectivity index (χ1) is 12.5. The van der Waals surface area contributed by atoms with E-state index in [0.29, 0.717) is 17.3 Å². The maximum Gasteiger partial charge on any atom is 0.272 e. The van der Waals surface area contributed by atoms with Gasteiger partial charge in [-0.2, -0.15) is 0 Å². The molecule has 1 aromatic heterocycles. The van der Waals surface area contributed by atoms with Crippen LogP contribution < -0.4 is 10.1 Å². The van der Waals surface area contributed by atoms with E-state index in [1.165, 1.54) is 0 Å². The Morgan fingerprint density at radius 1 is 1.12 bits per heavy atom. The van der Waals surface area contributed by atoms with Crippen molar-refractivity contribution in [2.24, 2.45) is 0 Å². The van der Waals surface area contributed by atoms with Crippen molar-refractivity contribution in [3.8, 4) is 5.75 Å². The Labute approximate surface area is 155 Å². The third-order valence-electron chi connectivity index (χ3n) is 3.95. The summed E-state index contributed by atoms with van der Waals surface area (Å²) in [4.78, 5) is 23.5. The molecule has 0 aliphatic heterocycles. The van der Waals surface area contributed by atoms with Crippen LogP contribution >= 0.6 is 0 Å². The van der Waals surface area contributed by atoms with Gasteiger partial charge in [-0.1, -0.05) is 19.9 Å². The van der Waals surface area contributed by atoms with Crippen molar-refractivity contribution in [1.29, 1.82) is 0 Å². The quantitative estimate of drug-likeness (QED) is 0.771. The van der Waals surface area contributed by atoms with Gasteiger partial charge in [-0.05, 0) is 44.4 Å². The van der Waals surface area contributed by atoms with Crippen molar-refractivity contribution in [2.45, 2.75) is 40.5 Å². The number of nitrogens with zero attached hydrogens (tertiary/aromatic N) is 3. The molecule has 0 unspecified atom stereocenters. The van der Waals surface area contributed by atoms with Crippen LogP contribution in [0.15, 0.2) is 24.3 Å². The highest BCUT2D eigenvalue weighted by atomic mass is 16.5. The van der Waals surface area contributed by atoms with E-state index in [-0.39, 0.29) is 5.91 Å². The molecule has 0 fully saturated rings. The van der Waals surface area contributed by atoms with Crippen molar-refractivity contribution >= 4 is 17.4 Å². The van der Waals surface area contributed by atoms with Crippen LogP contribution in [0.2, 0.25) is 0 Å². The summed E-state index contributed by atoms with van der Waals surface area (Å²) >= 11 is 0. The summed E-state index contributed by atoms with van der Waals surface area (Å²) < 4.78 is 5.40. The number of rotatable bonds is 8. The first kappa shape index (κ1) is 19.7. The highest BCUT2D eigenvalue weighted by molar-refractivity contribution is 5.93. The number of nitrogens with one attached hydrogen (secondary N) is 1. The number of aryl methyl sites for hydroxylation is 2. The minimum Gasteiger partial charge on any atom is -0.495 e. The number of methoxy groups -OCH3 is 1. The van der Waals surface area contributed by atoms with Crippen molar-refractivity contribution < 1.29 is 9.53 Å². The second-order valence-electron chi connectivity index (χ2n) is 6.31. The molecule has 0 bridgehead atoms. The Morgan fingerprint density at radius 2 is 1.81 bits per heavy atom. The van der Waals surface area contributed by atoms with E-state index in [2.05, 4.69) is 29.1 Å². The van der Waals surface area contributed by atoms with Gasteiger partial charge in [0.1, 0.15) is 23.1 Å². The summed E-state index contributed by atoms with van der Waals surface area (Å²) in [5.41, 5.74) is 2.32. The van der Waals surface area contributed by atoms with Gasteiger partial charge in [0.25, 0.3) is 5.91 Å². The third kappa shape index (κ3) is 4.94. The first-order valence-corrected chi connectivity index (χ1v) is 9.05. The predicted molar refractivity (Wildman–Crippen MR) is 104 cm³/mol. The largest absolute Gasteiger partial charge is 0.495 e. The van der Waals surface area contributed by atoms with Crippen LogP contribution in [0, 0.1) is 13.8 Å². The molecular formula is C20H28N4O2. The smallest absolute Gasteiger partial charge is 0.272 e. The number of amides is 1. The van der Waals surface area contributed by atoms with Crippen molar-refractivity contribution in [2.75, 3.05) is 25.5 Å². The first-order valence-electron chi connectivity index (χ1n) is 9.05. The summed E-state index contributed by atoms with van der Waals surface area (Å²) in [5.74, 6) is 1.80. The SMILES string of the molecule is CCCN(CCC)C(=O)c1cc(Nc2cc(C)ccc2OC)nc(C)n1. The average molecular weight is 356 g/mol. The van der Waals surface area contributed by atoms with Crippen LogP contribution in [0.1, 0.15) is 48.6 Å². The molecule has 2 aromatic rings. The lowest BCUT2D eigenvalue weighted by molar-refractivity contribution is 0.0749. The molecule has 6 heteroatoms. The lowest BCUT2D eigenvalue weighted by atomic mass is 10.2. The number of anilines is 2. The highest BCUT2D eigenvalue weighted by Gasteiger charge is 2.17. The van der Waals surface area contributed by atoms with Crippen LogP contribution in [-0.4, -0.2) is 41.0 Å². The summed E-state index contributed by atoms with van der Waals surface area (Å²) in [6.45, 7) is 9.39. The topological polar surface area (TPSA) is 67.4 Å². The van der Waals surface area contributed by atoms with Crippen molar-refractivity contribution in [1.82, 2.24) is 14.9 Å². The number of aromatic nitrogens is 2. The monoisotopic (exact) mass is 356 g/mol. The Kier molecular flexibility index (Phi) is 6.95. The van der Waals surface area contributed by atoms with Gasteiger partial charge in [-0.15, -0.1) is 0 Å². The molecule has 26 heavy (non-hydrogen) atoms. The molecule has 140 valence electrons. The molecule has 1 heterocycles. The Morgan fingerprint density at radius 3 is 2.42 bits per heavy atom. The van der Waals surface area contributed by atoms with Gasteiger partial charge in [-0.3, -0.25) is 4.79 Å². The maximum atomic E-state index is 12.8. The number of hydrogen-bond donors (Lipinski definition) is 1. The zero-order valence-electron chi connectivity index (χ0n) is 16.3. The van der Waals surface area contributed by atoms with E-state index in [1.807, 2.05) is 30.0 Å². The van der Waals surface area contributed by atoms with Gasteiger partial charge >= 0.3 is 0 Å². The molecule has 1 amide bonds. The van der Waals surface area contributed by atoms with E-state index in [9.17, 15) is 4.79 Å². The van der Waals surface area contributed by atoms with Gasteiger partial charge < -0.3 is 15.0 Å². The van der Waals surface area contributed by atoms with E-state index in [1.54, 1.807) is 20.1 Å². The minimum atomic E-state index is -0.0570. The van der Waals surface area contributed by atoms with Crippen LogP contribution in [0.4, 0.5) is 11.5 Å². The molecule has 0 atom stereocenters.